The van der Waals surface area contributed by atoms with Crippen LogP contribution in [0, 0.1) is 0 Å². The summed E-state index contributed by atoms with van der Waals surface area (Å²) >= 11 is 5.05. The standard InChI is InChI=1S/C17H20BrNO4S/c1-16(2)12(13(21)23-10-11-6-4-3-5-7-11)19-14(22)17(18,8-9-20)15(19)24-16/h3-7,12,15,20H,8-10H2,1-2H3/t12-,15+,17-/m0/s1. The molecule has 0 aliphatic carbocycles. The number of carbonyl (C=O) groups is 2. The number of aliphatic hydroxyl groups is 1. The Kier molecular flexibility index (Phi) is 4.70. The number of thioether (sulfide) groups is 1. The molecule has 2 aliphatic rings. The molecule has 3 atom stereocenters. The summed E-state index contributed by atoms with van der Waals surface area (Å²) in [6.07, 6.45) is 0.335. The van der Waals surface area contributed by atoms with E-state index in [1.165, 1.54) is 0 Å². The van der Waals surface area contributed by atoms with Crippen LogP contribution in [-0.2, 0) is 20.9 Å². The van der Waals surface area contributed by atoms with Gasteiger partial charge in [0.15, 0.2) is 0 Å². The second-order valence-electron chi connectivity index (χ2n) is 6.62. The highest BCUT2D eigenvalue weighted by Crippen LogP contribution is 2.59. The first-order valence-electron chi connectivity index (χ1n) is 7.82. The van der Waals surface area contributed by atoms with Crippen LogP contribution >= 0.6 is 27.7 Å². The molecule has 1 amide bonds. The Morgan fingerprint density at radius 2 is 2.04 bits per heavy atom. The number of carbonyl (C=O) groups excluding carboxylic acids is 2. The molecule has 2 aliphatic heterocycles. The van der Waals surface area contributed by atoms with Gasteiger partial charge in [0.05, 0.1) is 0 Å². The van der Waals surface area contributed by atoms with Gasteiger partial charge in [0.25, 0.3) is 0 Å². The number of nitrogens with zero attached hydrogens (tertiary/aromatic N) is 1. The lowest BCUT2D eigenvalue weighted by molar-refractivity contribution is -0.165. The second-order valence-corrected chi connectivity index (χ2v) is 9.77. The highest BCUT2D eigenvalue weighted by Gasteiger charge is 2.70. The molecule has 24 heavy (non-hydrogen) atoms. The van der Waals surface area contributed by atoms with E-state index in [4.69, 9.17) is 4.74 Å². The highest BCUT2D eigenvalue weighted by molar-refractivity contribution is 9.10. The van der Waals surface area contributed by atoms with Crippen molar-refractivity contribution >= 4 is 39.6 Å². The highest BCUT2D eigenvalue weighted by atomic mass is 79.9. The van der Waals surface area contributed by atoms with Crippen LogP contribution in [0.5, 0.6) is 0 Å². The molecule has 1 aromatic rings. The maximum Gasteiger partial charge on any atom is 0.330 e. The Bertz CT molecular complexity index is 653. The van der Waals surface area contributed by atoms with Gasteiger partial charge in [-0.25, -0.2) is 4.79 Å². The van der Waals surface area contributed by atoms with Crippen molar-refractivity contribution in [1.82, 2.24) is 4.90 Å². The van der Waals surface area contributed by atoms with E-state index < -0.39 is 15.1 Å². The van der Waals surface area contributed by atoms with Crippen LogP contribution in [-0.4, -0.2) is 49.0 Å². The Morgan fingerprint density at radius 1 is 1.38 bits per heavy atom. The molecule has 2 fully saturated rings. The van der Waals surface area contributed by atoms with Crippen molar-refractivity contribution in [3.8, 4) is 0 Å². The summed E-state index contributed by atoms with van der Waals surface area (Å²) in [5.74, 6) is -0.535. The summed E-state index contributed by atoms with van der Waals surface area (Å²) in [7, 11) is 0. The number of hydrogen-bond acceptors (Lipinski definition) is 5. The topological polar surface area (TPSA) is 66.8 Å². The van der Waals surface area contributed by atoms with E-state index in [1.807, 2.05) is 44.2 Å². The van der Waals surface area contributed by atoms with Gasteiger partial charge in [-0.1, -0.05) is 46.3 Å². The fraction of sp³-hybridized carbons (Fsp3) is 0.529. The lowest BCUT2D eigenvalue weighted by Crippen LogP contribution is -2.71. The van der Waals surface area contributed by atoms with Crippen LogP contribution in [0.2, 0.25) is 0 Å². The Labute approximate surface area is 153 Å². The number of rotatable bonds is 5. The Hall–Kier alpha value is -1.05. The summed E-state index contributed by atoms with van der Waals surface area (Å²) in [5.41, 5.74) is 0.913. The fourth-order valence-electron chi connectivity index (χ4n) is 3.27. The smallest absolute Gasteiger partial charge is 0.330 e. The molecule has 130 valence electrons. The summed E-state index contributed by atoms with van der Waals surface area (Å²) in [6, 6.07) is 8.85. The first kappa shape index (κ1) is 17.8. The minimum Gasteiger partial charge on any atom is -0.459 e. The molecular weight excluding hydrogens is 394 g/mol. The van der Waals surface area contributed by atoms with Crippen molar-refractivity contribution in [3.05, 3.63) is 35.9 Å². The van der Waals surface area contributed by atoms with Crippen molar-refractivity contribution in [3.63, 3.8) is 0 Å². The van der Waals surface area contributed by atoms with Gasteiger partial charge in [0.1, 0.15) is 22.3 Å². The normalized spacial score (nSPS) is 30.7. The first-order valence-corrected chi connectivity index (χ1v) is 9.49. The molecule has 1 N–H and O–H groups in total. The van der Waals surface area contributed by atoms with Gasteiger partial charge < -0.3 is 14.7 Å². The van der Waals surface area contributed by atoms with Crippen LogP contribution in [0.15, 0.2) is 30.3 Å². The largest absolute Gasteiger partial charge is 0.459 e. The van der Waals surface area contributed by atoms with E-state index >= 15 is 0 Å². The van der Waals surface area contributed by atoms with E-state index in [0.29, 0.717) is 6.42 Å². The van der Waals surface area contributed by atoms with Gasteiger partial charge in [-0.05, 0) is 25.8 Å². The molecule has 5 nitrogen and oxygen atoms in total. The van der Waals surface area contributed by atoms with Crippen molar-refractivity contribution in [1.29, 1.82) is 0 Å². The Balaban J connectivity index is 1.73. The first-order chi connectivity index (χ1) is 11.3. The number of fused-ring (bicyclic) bond motifs is 1. The molecule has 0 saturated carbocycles. The second kappa shape index (κ2) is 6.35. The van der Waals surface area contributed by atoms with E-state index in [2.05, 4.69) is 15.9 Å². The molecule has 1 aromatic carbocycles. The number of halogens is 1. The van der Waals surface area contributed by atoms with E-state index in [1.54, 1.807) is 16.7 Å². The third-order valence-electron chi connectivity index (χ3n) is 4.51. The minimum atomic E-state index is -0.780. The summed E-state index contributed by atoms with van der Waals surface area (Å²) in [6.45, 7) is 4.01. The van der Waals surface area contributed by atoms with E-state index in [9.17, 15) is 14.7 Å². The molecule has 0 unspecified atom stereocenters. The number of alkyl halides is 1. The van der Waals surface area contributed by atoms with Crippen molar-refractivity contribution in [2.45, 2.75) is 47.4 Å². The van der Waals surface area contributed by atoms with Crippen LogP contribution < -0.4 is 0 Å². The lowest BCUT2D eigenvalue weighted by Gasteiger charge is -2.49. The average molecular weight is 414 g/mol. The summed E-state index contributed by atoms with van der Waals surface area (Å²) in [5, 5.41) is 9.05. The molecule has 3 rings (SSSR count). The van der Waals surface area contributed by atoms with E-state index in [0.717, 1.165) is 5.56 Å². The quantitative estimate of drug-likeness (QED) is 0.455. The molecule has 0 spiro atoms. The zero-order valence-corrected chi connectivity index (χ0v) is 16.0. The van der Waals surface area contributed by atoms with Gasteiger partial charge in [-0.2, -0.15) is 0 Å². The molecule has 0 aromatic heterocycles. The third-order valence-corrected chi connectivity index (χ3v) is 7.66. The van der Waals surface area contributed by atoms with Crippen LogP contribution in [0.25, 0.3) is 0 Å². The maximum atomic E-state index is 12.6. The number of amides is 1. The number of hydrogen-bond donors (Lipinski definition) is 1. The average Bonchev–Trinajstić information content (AvgIpc) is 2.83. The number of esters is 1. The lowest BCUT2D eigenvalue weighted by atomic mass is 9.89. The molecule has 0 radical (unpaired) electrons. The van der Waals surface area contributed by atoms with Gasteiger partial charge in [-0.15, -0.1) is 11.8 Å². The zero-order valence-electron chi connectivity index (χ0n) is 13.6. The monoisotopic (exact) mass is 413 g/mol. The van der Waals surface area contributed by atoms with Crippen molar-refractivity contribution < 1.29 is 19.4 Å². The summed E-state index contributed by atoms with van der Waals surface area (Å²) < 4.78 is 4.24. The number of aliphatic hydroxyl groups excluding tert-OH is 1. The van der Waals surface area contributed by atoms with Gasteiger partial charge in [0, 0.05) is 11.4 Å². The minimum absolute atomic E-state index is 0.0779. The van der Waals surface area contributed by atoms with Crippen molar-refractivity contribution in [2.24, 2.45) is 0 Å². The maximum absolute atomic E-state index is 12.6. The zero-order chi connectivity index (χ0) is 17.5. The number of benzene rings is 1. The Morgan fingerprint density at radius 3 is 2.67 bits per heavy atom. The van der Waals surface area contributed by atoms with Crippen LogP contribution in [0.3, 0.4) is 0 Å². The molecule has 2 saturated heterocycles. The SMILES string of the molecule is CC1(C)S[C@H]2N(C(=O)[C@@]2(Br)CCO)[C@H]1C(=O)OCc1ccccc1. The molecule has 7 heteroatoms. The number of β-lactam (4-membered cyclic amide) rings is 1. The van der Waals surface area contributed by atoms with Crippen molar-refractivity contribution in [2.75, 3.05) is 6.61 Å². The number of ether oxygens (including phenoxy) is 1. The predicted molar refractivity (Wildman–Crippen MR) is 95.7 cm³/mol. The summed E-state index contributed by atoms with van der Waals surface area (Å²) in [4.78, 5) is 26.8. The van der Waals surface area contributed by atoms with Gasteiger partial charge in [0.2, 0.25) is 5.91 Å². The predicted octanol–water partition coefficient (Wildman–Crippen LogP) is 2.31. The third kappa shape index (κ3) is 2.76. The van der Waals surface area contributed by atoms with Crippen LogP contribution in [0.1, 0.15) is 25.8 Å². The fourth-order valence-corrected chi connectivity index (χ4v) is 5.80. The molecular formula is C17H20BrNO4S. The van der Waals surface area contributed by atoms with Gasteiger partial charge in [-0.3, -0.25) is 4.79 Å². The molecule has 0 bridgehead atoms. The molecule has 2 heterocycles. The van der Waals surface area contributed by atoms with E-state index in [-0.39, 0.29) is 30.5 Å². The van der Waals surface area contributed by atoms with Crippen LogP contribution in [0.4, 0.5) is 0 Å². The van der Waals surface area contributed by atoms with Gasteiger partial charge >= 0.3 is 5.97 Å².